The van der Waals surface area contributed by atoms with Crippen molar-refractivity contribution in [3.63, 3.8) is 0 Å². The van der Waals surface area contributed by atoms with Gasteiger partial charge in [-0.25, -0.2) is 4.79 Å². The predicted octanol–water partition coefficient (Wildman–Crippen LogP) is 1.49. The van der Waals surface area contributed by atoms with E-state index in [4.69, 9.17) is 30.9 Å². The fourth-order valence-electron chi connectivity index (χ4n) is 2.36. The van der Waals surface area contributed by atoms with Crippen LogP contribution >= 0.6 is 11.6 Å². The number of aliphatic hydroxyl groups is 1. The van der Waals surface area contributed by atoms with Crippen molar-refractivity contribution in [3.05, 3.63) is 33.1 Å². The van der Waals surface area contributed by atoms with E-state index in [1.807, 2.05) is 0 Å². The lowest BCUT2D eigenvalue weighted by atomic mass is 10.1. The van der Waals surface area contributed by atoms with Crippen LogP contribution in [-0.2, 0) is 4.74 Å². The van der Waals surface area contributed by atoms with Gasteiger partial charge in [-0.3, -0.25) is 4.79 Å². The second kappa shape index (κ2) is 6.10. The fourth-order valence-corrected chi connectivity index (χ4v) is 2.69. The summed E-state index contributed by atoms with van der Waals surface area (Å²) in [5, 5.41) is 9.33. The maximum Gasteiger partial charge on any atom is 0.343 e. The molecule has 2 aromatic rings. The van der Waals surface area contributed by atoms with Crippen LogP contribution < -0.4 is 14.9 Å². The molecule has 1 aromatic heterocycles. The van der Waals surface area contributed by atoms with Gasteiger partial charge in [0, 0.05) is 12.3 Å². The number of hydrogen-bond acceptors (Lipinski definition) is 6. The van der Waals surface area contributed by atoms with Crippen LogP contribution in [0.15, 0.2) is 17.1 Å². The normalized spacial score (nSPS) is 16.4. The Hall–Kier alpha value is -2.25. The lowest BCUT2D eigenvalue weighted by molar-refractivity contribution is 0.0459. The standard InChI is InChI=1S/C15H14ClNO6/c1-2-21-15(20)8-4-17-9-3-10-14(12(16)11(9)13(8)19)22-6-7(5-18)23-10/h3-4,7,18H,2,5-6H2,1H3,(H,17,19). The van der Waals surface area contributed by atoms with Crippen LogP contribution in [0.5, 0.6) is 11.5 Å². The quantitative estimate of drug-likeness (QED) is 0.822. The molecule has 1 aliphatic rings. The van der Waals surface area contributed by atoms with Crippen molar-refractivity contribution < 1.29 is 24.1 Å². The summed E-state index contributed by atoms with van der Waals surface area (Å²) in [6.07, 6.45) is 0.778. The molecule has 0 fully saturated rings. The molecule has 1 unspecified atom stereocenters. The number of hydrogen-bond donors (Lipinski definition) is 2. The van der Waals surface area contributed by atoms with E-state index in [2.05, 4.69) is 4.98 Å². The summed E-state index contributed by atoms with van der Waals surface area (Å²) in [6, 6.07) is 1.55. The van der Waals surface area contributed by atoms with Crippen LogP contribution in [-0.4, -0.2) is 42.0 Å². The van der Waals surface area contributed by atoms with E-state index in [1.54, 1.807) is 13.0 Å². The number of aromatic amines is 1. The number of halogens is 1. The van der Waals surface area contributed by atoms with Crippen molar-refractivity contribution >= 4 is 28.5 Å². The number of H-pyrrole nitrogens is 1. The number of carbonyl (C=O) groups is 1. The molecule has 0 saturated heterocycles. The van der Waals surface area contributed by atoms with Crippen molar-refractivity contribution in [3.8, 4) is 11.5 Å². The van der Waals surface area contributed by atoms with Crippen LogP contribution in [0.25, 0.3) is 10.9 Å². The van der Waals surface area contributed by atoms with Crippen molar-refractivity contribution in [2.24, 2.45) is 0 Å². The summed E-state index contributed by atoms with van der Waals surface area (Å²) >= 11 is 6.27. The summed E-state index contributed by atoms with van der Waals surface area (Å²) in [7, 11) is 0. The Labute approximate surface area is 135 Å². The van der Waals surface area contributed by atoms with Gasteiger partial charge in [-0.15, -0.1) is 0 Å². The predicted molar refractivity (Wildman–Crippen MR) is 82.5 cm³/mol. The summed E-state index contributed by atoms with van der Waals surface area (Å²) in [5.41, 5.74) is -0.280. The maximum absolute atomic E-state index is 12.5. The minimum Gasteiger partial charge on any atom is -0.484 e. The molecule has 3 rings (SSSR count). The van der Waals surface area contributed by atoms with Crippen LogP contribution in [0, 0.1) is 0 Å². The van der Waals surface area contributed by atoms with E-state index in [9.17, 15) is 9.59 Å². The third-order valence-electron chi connectivity index (χ3n) is 3.44. The van der Waals surface area contributed by atoms with Gasteiger partial charge >= 0.3 is 5.97 Å². The van der Waals surface area contributed by atoms with Crippen LogP contribution in [0.4, 0.5) is 0 Å². The Morgan fingerprint density at radius 2 is 2.35 bits per heavy atom. The molecule has 0 spiro atoms. The van der Waals surface area contributed by atoms with E-state index < -0.39 is 17.5 Å². The maximum atomic E-state index is 12.5. The van der Waals surface area contributed by atoms with Gasteiger partial charge < -0.3 is 24.3 Å². The molecule has 1 aromatic carbocycles. The highest BCUT2D eigenvalue weighted by atomic mass is 35.5. The second-order valence-corrected chi connectivity index (χ2v) is 5.30. The average Bonchev–Trinajstić information content (AvgIpc) is 2.54. The Balaban J connectivity index is 2.18. The van der Waals surface area contributed by atoms with Gasteiger partial charge in [0.1, 0.15) is 12.2 Å². The third kappa shape index (κ3) is 2.62. The van der Waals surface area contributed by atoms with Crippen molar-refractivity contribution in [1.29, 1.82) is 0 Å². The molecule has 0 radical (unpaired) electrons. The minimum absolute atomic E-state index is 0.0567. The zero-order chi connectivity index (χ0) is 16.6. The van der Waals surface area contributed by atoms with Crippen molar-refractivity contribution in [2.75, 3.05) is 19.8 Å². The SMILES string of the molecule is CCOC(=O)c1c[nH]c2cc3c(c(Cl)c2c1=O)OCC(CO)O3. The third-order valence-corrected chi connectivity index (χ3v) is 3.80. The molecule has 23 heavy (non-hydrogen) atoms. The number of benzene rings is 1. The number of carbonyl (C=O) groups excluding carboxylic acids is 1. The molecule has 2 N–H and O–H groups in total. The number of ether oxygens (including phenoxy) is 3. The van der Waals surface area contributed by atoms with E-state index in [0.29, 0.717) is 11.3 Å². The molecule has 8 heteroatoms. The van der Waals surface area contributed by atoms with Crippen LogP contribution in [0.1, 0.15) is 17.3 Å². The molecule has 1 atom stereocenters. The number of rotatable bonds is 3. The monoisotopic (exact) mass is 339 g/mol. The van der Waals surface area contributed by atoms with Gasteiger partial charge in [-0.1, -0.05) is 11.6 Å². The highest BCUT2D eigenvalue weighted by Crippen LogP contribution is 2.42. The molecule has 0 saturated carbocycles. The van der Waals surface area contributed by atoms with Crippen LogP contribution in [0.3, 0.4) is 0 Å². The molecule has 0 aliphatic carbocycles. The largest absolute Gasteiger partial charge is 0.484 e. The summed E-state index contributed by atoms with van der Waals surface area (Å²) in [6.45, 7) is 1.73. The lowest BCUT2D eigenvalue weighted by Crippen LogP contribution is -2.32. The van der Waals surface area contributed by atoms with E-state index >= 15 is 0 Å². The topological polar surface area (TPSA) is 97.9 Å². The first-order chi connectivity index (χ1) is 11.1. The molecule has 0 bridgehead atoms. The molecule has 7 nitrogen and oxygen atoms in total. The van der Waals surface area contributed by atoms with Gasteiger partial charge in [0.2, 0.25) is 5.43 Å². The molecular formula is C15H14ClNO6. The van der Waals surface area contributed by atoms with E-state index in [-0.39, 0.29) is 41.5 Å². The smallest absolute Gasteiger partial charge is 0.343 e. The van der Waals surface area contributed by atoms with E-state index in [1.165, 1.54) is 6.20 Å². The first kappa shape index (κ1) is 15.6. The molecular weight excluding hydrogens is 326 g/mol. The molecule has 1 aliphatic heterocycles. The van der Waals surface area contributed by atoms with Gasteiger partial charge in [0.25, 0.3) is 0 Å². The van der Waals surface area contributed by atoms with Crippen molar-refractivity contribution in [2.45, 2.75) is 13.0 Å². The molecule has 122 valence electrons. The first-order valence-corrected chi connectivity index (χ1v) is 7.40. The van der Waals surface area contributed by atoms with Crippen molar-refractivity contribution in [1.82, 2.24) is 4.98 Å². The fraction of sp³-hybridized carbons (Fsp3) is 0.333. The summed E-state index contributed by atoms with van der Waals surface area (Å²) < 4.78 is 15.9. The zero-order valence-electron chi connectivity index (χ0n) is 12.2. The highest BCUT2D eigenvalue weighted by molar-refractivity contribution is 6.37. The Morgan fingerprint density at radius 3 is 3.04 bits per heavy atom. The van der Waals surface area contributed by atoms with E-state index in [0.717, 1.165) is 0 Å². The second-order valence-electron chi connectivity index (χ2n) is 4.93. The molecule has 2 heterocycles. The number of esters is 1. The van der Waals surface area contributed by atoms with Gasteiger partial charge in [0.05, 0.1) is 29.1 Å². The Bertz CT molecular complexity index is 831. The Kier molecular flexibility index (Phi) is 4.14. The average molecular weight is 340 g/mol. The number of pyridine rings is 1. The van der Waals surface area contributed by atoms with Gasteiger partial charge in [-0.05, 0) is 6.92 Å². The van der Waals surface area contributed by atoms with Gasteiger partial charge in [0.15, 0.2) is 17.6 Å². The minimum atomic E-state index is -0.720. The highest BCUT2D eigenvalue weighted by Gasteiger charge is 2.26. The number of fused-ring (bicyclic) bond motifs is 2. The summed E-state index contributed by atoms with van der Waals surface area (Å²) in [4.78, 5) is 27.2. The zero-order valence-corrected chi connectivity index (χ0v) is 13.0. The van der Waals surface area contributed by atoms with Crippen LogP contribution in [0.2, 0.25) is 5.02 Å². The summed E-state index contributed by atoms with van der Waals surface area (Å²) in [5.74, 6) is -0.176. The first-order valence-electron chi connectivity index (χ1n) is 7.02. The molecule has 0 amide bonds. The number of nitrogens with one attached hydrogen (secondary N) is 1. The number of aliphatic hydroxyl groups excluding tert-OH is 1. The number of aromatic nitrogens is 1. The van der Waals surface area contributed by atoms with Gasteiger partial charge in [-0.2, -0.15) is 0 Å². The Morgan fingerprint density at radius 1 is 1.57 bits per heavy atom. The lowest BCUT2D eigenvalue weighted by Gasteiger charge is -2.26.